The monoisotopic (exact) mass is 237 g/mol. The van der Waals surface area contributed by atoms with Crippen molar-refractivity contribution < 1.29 is 4.79 Å². The lowest BCUT2D eigenvalue weighted by molar-refractivity contribution is -0.131. The van der Waals surface area contributed by atoms with Crippen molar-refractivity contribution in [2.24, 2.45) is 0 Å². The molecule has 0 radical (unpaired) electrons. The molecule has 0 heterocycles. The van der Waals surface area contributed by atoms with Crippen LogP contribution >= 0.6 is 0 Å². The SMILES string of the molecule is CCC=CCCC=CCN(C(=O)CC)C(C)C. The smallest absolute Gasteiger partial charge is 0.222 e. The lowest BCUT2D eigenvalue weighted by Crippen LogP contribution is -2.36. The van der Waals surface area contributed by atoms with Crippen LogP contribution in [-0.4, -0.2) is 23.4 Å². The molecular formula is C15H27NO. The number of carbonyl (C=O) groups is 1. The molecule has 98 valence electrons. The number of rotatable bonds is 8. The second-order valence-electron chi connectivity index (χ2n) is 4.42. The highest BCUT2D eigenvalue weighted by atomic mass is 16.2. The minimum Gasteiger partial charge on any atom is -0.337 e. The van der Waals surface area contributed by atoms with Crippen LogP contribution in [0, 0.1) is 0 Å². The van der Waals surface area contributed by atoms with E-state index in [1.54, 1.807) is 0 Å². The average molecular weight is 237 g/mol. The quantitative estimate of drug-likeness (QED) is 0.462. The summed E-state index contributed by atoms with van der Waals surface area (Å²) in [5, 5.41) is 0. The molecule has 0 bridgehead atoms. The lowest BCUT2D eigenvalue weighted by Gasteiger charge is -2.24. The molecule has 0 rings (SSSR count). The summed E-state index contributed by atoms with van der Waals surface area (Å²) in [6, 6.07) is 0.284. The summed E-state index contributed by atoms with van der Waals surface area (Å²) in [6.45, 7) is 8.92. The maximum Gasteiger partial charge on any atom is 0.222 e. The Balaban J connectivity index is 3.92. The van der Waals surface area contributed by atoms with Crippen LogP contribution in [0.2, 0.25) is 0 Å². The molecule has 0 spiro atoms. The summed E-state index contributed by atoms with van der Waals surface area (Å²) in [7, 11) is 0. The van der Waals surface area contributed by atoms with Gasteiger partial charge in [0.1, 0.15) is 0 Å². The standard InChI is InChI=1S/C15H27NO/c1-5-7-8-9-10-11-12-13-16(14(3)4)15(17)6-2/h7-8,11-12,14H,5-6,9-10,13H2,1-4H3. The molecule has 0 saturated heterocycles. The van der Waals surface area contributed by atoms with E-state index in [-0.39, 0.29) is 11.9 Å². The van der Waals surface area contributed by atoms with Crippen molar-refractivity contribution in [3.8, 4) is 0 Å². The summed E-state index contributed by atoms with van der Waals surface area (Å²) >= 11 is 0. The van der Waals surface area contributed by atoms with Gasteiger partial charge in [-0.1, -0.05) is 38.2 Å². The molecule has 1 amide bonds. The molecule has 2 nitrogen and oxygen atoms in total. The van der Waals surface area contributed by atoms with Crippen molar-refractivity contribution in [1.82, 2.24) is 4.90 Å². The largest absolute Gasteiger partial charge is 0.337 e. The molecule has 0 fully saturated rings. The van der Waals surface area contributed by atoms with Crippen molar-refractivity contribution in [2.75, 3.05) is 6.54 Å². The maximum atomic E-state index is 11.6. The Bertz CT molecular complexity index is 254. The van der Waals surface area contributed by atoms with E-state index >= 15 is 0 Å². The third kappa shape index (κ3) is 7.78. The van der Waals surface area contributed by atoms with E-state index in [1.165, 1.54) is 0 Å². The van der Waals surface area contributed by atoms with Crippen LogP contribution in [0.1, 0.15) is 53.4 Å². The fourth-order valence-electron chi connectivity index (χ4n) is 1.59. The summed E-state index contributed by atoms with van der Waals surface area (Å²) < 4.78 is 0. The Labute approximate surface area is 106 Å². The fraction of sp³-hybridized carbons (Fsp3) is 0.667. The van der Waals surface area contributed by atoms with E-state index in [2.05, 4.69) is 45.1 Å². The predicted octanol–water partition coefficient (Wildman–Crippen LogP) is 3.94. The first kappa shape index (κ1) is 16.0. The average Bonchev–Trinajstić information content (AvgIpc) is 2.31. The molecule has 0 aliphatic heterocycles. The summed E-state index contributed by atoms with van der Waals surface area (Å²) in [6.07, 6.45) is 12.5. The van der Waals surface area contributed by atoms with Crippen LogP contribution in [0.25, 0.3) is 0 Å². The lowest BCUT2D eigenvalue weighted by atomic mass is 10.2. The molecule has 0 aliphatic carbocycles. The molecule has 2 heteroatoms. The molecule has 0 aromatic rings. The van der Waals surface area contributed by atoms with Crippen LogP contribution in [-0.2, 0) is 4.79 Å². The van der Waals surface area contributed by atoms with Gasteiger partial charge in [0, 0.05) is 19.0 Å². The number of unbranched alkanes of at least 4 members (excludes halogenated alkanes) is 1. The minimum atomic E-state index is 0.232. The van der Waals surface area contributed by atoms with E-state index in [9.17, 15) is 4.79 Å². The number of allylic oxidation sites excluding steroid dienone is 3. The number of carbonyl (C=O) groups excluding carboxylic acids is 1. The zero-order valence-corrected chi connectivity index (χ0v) is 11.8. The molecular weight excluding hydrogens is 210 g/mol. The van der Waals surface area contributed by atoms with Gasteiger partial charge in [-0.25, -0.2) is 0 Å². The van der Waals surface area contributed by atoms with E-state index in [4.69, 9.17) is 0 Å². The molecule has 0 saturated carbocycles. The topological polar surface area (TPSA) is 20.3 Å². The van der Waals surface area contributed by atoms with Crippen LogP contribution in [0.5, 0.6) is 0 Å². The number of amides is 1. The van der Waals surface area contributed by atoms with Gasteiger partial charge >= 0.3 is 0 Å². The van der Waals surface area contributed by atoms with Gasteiger partial charge in [-0.2, -0.15) is 0 Å². The maximum absolute atomic E-state index is 11.6. The molecule has 0 atom stereocenters. The first-order valence-electron chi connectivity index (χ1n) is 6.72. The summed E-state index contributed by atoms with van der Waals surface area (Å²) in [5.74, 6) is 0.232. The van der Waals surface area contributed by atoms with E-state index in [0.717, 1.165) is 25.8 Å². The second kappa shape index (κ2) is 10.1. The van der Waals surface area contributed by atoms with Crippen LogP contribution in [0.15, 0.2) is 24.3 Å². The Morgan fingerprint density at radius 1 is 1.06 bits per heavy atom. The zero-order valence-electron chi connectivity index (χ0n) is 11.8. The van der Waals surface area contributed by atoms with E-state index < -0.39 is 0 Å². The molecule has 0 aliphatic rings. The van der Waals surface area contributed by atoms with Crippen molar-refractivity contribution in [1.29, 1.82) is 0 Å². The first-order chi connectivity index (χ1) is 8.13. The van der Waals surface area contributed by atoms with Gasteiger partial charge < -0.3 is 4.90 Å². The molecule has 0 aromatic carbocycles. The van der Waals surface area contributed by atoms with Gasteiger partial charge in [-0.05, 0) is 33.1 Å². The second-order valence-corrected chi connectivity index (χ2v) is 4.42. The molecule has 17 heavy (non-hydrogen) atoms. The highest BCUT2D eigenvalue weighted by Gasteiger charge is 2.12. The minimum absolute atomic E-state index is 0.232. The number of hydrogen-bond donors (Lipinski definition) is 0. The van der Waals surface area contributed by atoms with Gasteiger partial charge in [0.25, 0.3) is 0 Å². The molecule has 0 aromatic heterocycles. The fourth-order valence-corrected chi connectivity index (χ4v) is 1.59. The van der Waals surface area contributed by atoms with Crippen molar-refractivity contribution in [3.63, 3.8) is 0 Å². The summed E-state index contributed by atoms with van der Waals surface area (Å²) in [4.78, 5) is 13.6. The van der Waals surface area contributed by atoms with Gasteiger partial charge in [-0.15, -0.1) is 0 Å². The van der Waals surface area contributed by atoms with Crippen LogP contribution in [0.4, 0.5) is 0 Å². The third-order valence-corrected chi connectivity index (χ3v) is 2.62. The molecule has 0 unspecified atom stereocenters. The van der Waals surface area contributed by atoms with Gasteiger partial charge in [-0.3, -0.25) is 4.79 Å². The highest BCUT2D eigenvalue weighted by Crippen LogP contribution is 2.02. The van der Waals surface area contributed by atoms with Gasteiger partial charge in [0.15, 0.2) is 0 Å². The van der Waals surface area contributed by atoms with Crippen molar-refractivity contribution in [3.05, 3.63) is 24.3 Å². The van der Waals surface area contributed by atoms with Crippen molar-refractivity contribution in [2.45, 2.75) is 59.4 Å². The zero-order chi connectivity index (χ0) is 13.1. The van der Waals surface area contributed by atoms with Gasteiger partial charge in [0.2, 0.25) is 5.91 Å². The Kier molecular flexibility index (Phi) is 9.50. The van der Waals surface area contributed by atoms with Crippen LogP contribution in [0.3, 0.4) is 0 Å². The summed E-state index contributed by atoms with van der Waals surface area (Å²) in [5.41, 5.74) is 0. The van der Waals surface area contributed by atoms with E-state index in [0.29, 0.717) is 6.42 Å². The first-order valence-corrected chi connectivity index (χ1v) is 6.72. The predicted molar refractivity (Wildman–Crippen MR) is 74.9 cm³/mol. The van der Waals surface area contributed by atoms with Crippen LogP contribution < -0.4 is 0 Å². The Hall–Kier alpha value is -1.05. The Morgan fingerprint density at radius 3 is 2.12 bits per heavy atom. The number of nitrogens with zero attached hydrogens (tertiary/aromatic N) is 1. The third-order valence-electron chi connectivity index (χ3n) is 2.62. The highest BCUT2D eigenvalue weighted by molar-refractivity contribution is 5.76. The Morgan fingerprint density at radius 2 is 1.65 bits per heavy atom. The normalized spacial score (nSPS) is 11.8. The van der Waals surface area contributed by atoms with E-state index in [1.807, 2.05) is 11.8 Å². The van der Waals surface area contributed by atoms with Crippen molar-refractivity contribution >= 4 is 5.91 Å². The molecule has 0 N–H and O–H groups in total. The van der Waals surface area contributed by atoms with Gasteiger partial charge in [0.05, 0.1) is 0 Å². The number of hydrogen-bond acceptors (Lipinski definition) is 1.